The van der Waals surface area contributed by atoms with E-state index >= 15 is 0 Å². The summed E-state index contributed by atoms with van der Waals surface area (Å²) in [4.78, 5) is 27.2. The first-order valence-electron chi connectivity index (χ1n) is 8.48. The first-order valence-corrected chi connectivity index (χ1v) is 8.85. The van der Waals surface area contributed by atoms with Gasteiger partial charge in [-0.1, -0.05) is 60.1 Å². The summed E-state index contributed by atoms with van der Waals surface area (Å²) in [6, 6.07) is 19.4. The average molecular weight is 389 g/mol. The first kappa shape index (κ1) is 17.8. The number of aromatic nitrogens is 1. The van der Waals surface area contributed by atoms with Gasteiger partial charge in [0.25, 0.3) is 5.69 Å². The van der Waals surface area contributed by atoms with Crippen LogP contribution in [0.3, 0.4) is 0 Å². The van der Waals surface area contributed by atoms with Crippen molar-refractivity contribution >= 4 is 50.8 Å². The van der Waals surface area contributed by atoms with Crippen LogP contribution in [0.2, 0.25) is 5.15 Å². The standard InChI is InChI=1S/C22H13ClN2O3/c23-22-17(10-11-20(26)15-5-3-6-18(13-15)25(27)28)12-16-9-8-14-4-1-2-7-19(14)21(16)24-22/h1-13H/b11-10+. The zero-order valence-corrected chi connectivity index (χ0v) is 15.3. The minimum absolute atomic E-state index is 0.128. The Balaban J connectivity index is 1.70. The molecule has 6 heteroatoms. The number of hydrogen-bond acceptors (Lipinski definition) is 4. The van der Waals surface area contributed by atoms with Crippen molar-refractivity contribution in [2.24, 2.45) is 0 Å². The lowest BCUT2D eigenvalue weighted by Gasteiger charge is -2.06. The highest BCUT2D eigenvalue weighted by Gasteiger charge is 2.10. The second-order valence-electron chi connectivity index (χ2n) is 6.23. The maximum atomic E-state index is 12.4. The van der Waals surface area contributed by atoms with Gasteiger partial charge >= 0.3 is 0 Å². The first-order chi connectivity index (χ1) is 13.5. The van der Waals surface area contributed by atoms with E-state index < -0.39 is 4.92 Å². The van der Waals surface area contributed by atoms with Gasteiger partial charge in [0.2, 0.25) is 0 Å². The van der Waals surface area contributed by atoms with Crippen LogP contribution in [0.15, 0.2) is 72.8 Å². The highest BCUT2D eigenvalue weighted by atomic mass is 35.5. The molecular weight excluding hydrogens is 376 g/mol. The number of carbonyl (C=O) groups excluding carboxylic acids is 1. The third kappa shape index (κ3) is 3.35. The number of hydrogen-bond donors (Lipinski definition) is 0. The molecule has 0 aliphatic rings. The van der Waals surface area contributed by atoms with Crippen LogP contribution in [-0.2, 0) is 0 Å². The summed E-state index contributed by atoms with van der Waals surface area (Å²) in [5, 5.41) is 14.1. The van der Waals surface area contributed by atoms with Crippen molar-refractivity contribution in [1.29, 1.82) is 0 Å². The molecule has 4 aromatic rings. The molecule has 3 aromatic carbocycles. The Morgan fingerprint density at radius 3 is 2.61 bits per heavy atom. The molecule has 0 saturated carbocycles. The van der Waals surface area contributed by atoms with Crippen LogP contribution in [0.5, 0.6) is 0 Å². The molecule has 0 spiro atoms. The van der Waals surface area contributed by atoms with Gasteiger partial charge in [0.05, 0.1) is 10.4 Å². The quantitative estimate of drug-likeness (QED) is 0.110. The molecule has 0 fully saturated rings. The number of rotatable bonds is 4. The molecule has 0 unspecified atom stereocenters. The number of benzene rings is 3. The predicted octanol–water partition coefficient (Wildman–Crippen LogP) is 5.85. The van der Waals surface area contributed by atoms with Crippen LogP contribution in [0.1, 0.15) is 15.9 Å². The monoisotopic (exact) mass is 388 g/mol. The number of fused-ring (bicyclic) bond motifs is 3. The molecule has 0 radical (unpaired) electrons. The topological polar surface area (TPSA) is 73.1 Å². The summed E-state index contributed by atoms with van der Waals surface area (Å²) in [7, 11) is 0. The van der Waals surface area contributed by atoms with Crippen LogP contribution in [0.25, 0.3) is 27.8 Å². The van der Waals surface area contributed by atoms with Crippen molar-refractivity contribution in [3.8, 4) is 0 Å². The van der Waals surface area contributed by atoms with E-state index in [1.807, 2.05) is 42.5 Å². The number of non-ortho nitro benzene ring substituents is 1. The number of nitro groups is 1. The fourth-order valence-electron chi connectivity index (χ4n) is 3.05. The predicted molar refractivity (Wildman–Crippen MR) is 111 cm³/mol. The van der Waals surface area contributed by atoms with Gasteiger partial charge in [-0.3, -0.25) is 14.9 Å². The van der Waals surface area contributed by atoms with Gasteiger partial charge in [-0.05, 0) is 23.6 Å². The summed E-state index contributed by atoms with van der Waals surface area (Å²) in [5.41, 5.74) is 1.51. The summed E-state index contributed by atoms with van der Waals surface area (Å²) in [5.74, 6) is -0.349. The smallest absolute Gasteiger partial charge is 0.270 e. The Kier molecular flexibility index (Phi) is 4.59. The molecule has 28 heavy (non-hydrogen) atoms. The lowest BCUT2D eigenvalue weighted by atomic mass is 10.0. The van der Waals surface area contributed by atoms with Crippen molar-refractivity contribution in [3.05, 3.63) is 99.2 Å². The molecule has 0 amide bonds. The minimum atomic E-state index is -0.533. The molecule has 4 rings (SSSR count). The molecule has 0 saturated heterocycles. The van der Waals surface area contributed by atoms with Crippen molar-refractivity contribution in [1.82, 2.24) is 4.98 Å². The second-order valence-corrected chi connectivity index (χ2v) is 6.59. The maximum Gasteiger partial charge on any atom is 0.270 e. The van der Waals surface area contributed by atoms with Gasteiger partial charge < -0.3 is 0 Å². The van der Waals surface area contributed by atoms with Crippen LogP contribution in [0, 0.1) is 10.1 Å². The molecule has 0 bridgehead atoms. The highest BCUT2D eigenvalue weighted by molar-refractivity contribution is 6.31. The molecule has 5 nitrogen and oxygen atoms in total. The van der Waals surface area contributed by atoms with Crippen molar-refractivity contribution in [2.75, 3.05) is 0 Å². The SMILES string of the molecule is O=C(/C=C/c1cc2ccc3ccccc3c2nc1Cl)c1cccc([N+](=O)[O-])c1. The highest BCUT2D eigenvalue weighted by Crippen LogP contribution is 2.28. The molecule has 0 aliphatic heterocycles. The van der Waals surface area contributed by atoms with Crippen molar-refractivity contribution in [3.63, 3.8) is 0 Å². The van der Waals surface area contributed by atoms with E-state index in [1.54, 1.807) is 6.08 Å². The van der Waals surface area contributed by atoms with E-state index in [4.69, 9.17) is 11.6 Å². The van der Waals surface area contributed by atoms with Gasteiger partial charge in [-0.15, -0.1) is 0 Å². The van der Waals surface area contributed by atoms with Crippen molar-refractivity contribution in [2.45, 2.75) is 0 Å². The normalized spacial score (nSPS) is 11.3. The largest absolute Gasteiger partial charge is 0.289 e. The number of nitro benzene ring substituents is 1. The fraction of sp³-hybridized carbons (Fsp3) is 0. The molecule has 0 aliphatic carbocycles. The van der Waals surface area contributed by atoms with Gasteiger partial charge in [0.15, 0.2) is 5.78 Å². The summed E-state index contributed by atoms with van der Waals surface area (Å²) >= 11 is 6.34. The van der Waals surface area contributed by atoms with E-state index in [2.05, 4.69) is 4.98 Å². The zero-order chi connectivity index (χ0) is 19.7. The molecule has 1 heterocycles. The van der Waals surface area contributed by atoms with Gasteiger partial charge in [-0.2, -0.15) is 0 Å². The number of pyridine rings is 1. The van der Waals surface area contributed by atoms with Crippen LogP contribution in [0.4, 0.5) is 5.69 Å². The van der Waals surface area contributed by atoms with E-state index in [9.17, 15) is 14.9 Å². The van der Waals surface area contributed by atoms with Crippen LogP contribution >= 0.6 is 11.6 Å². The van der Waals surface area contributed by atoms with Gasteiger partial charge in [-0.25, -0.2) is 4.98 Å². The van der Waals surface area contributed by atoms with E-state index in [0.717, 1.165) is 21.7 Å². The second kappa shape index (κ2) is 7.21. The molecule has 1 aromatic heterocycles. The lowest BCUT2D eigenvalue weighted by Crippen LogP contribution is -1.96. The molecule has 0 atom stereocenters. The molecule has 0 N–H and O–H groups in total. The zero-order valence-electron chi connectivity index (χ0n) is 14.5. The minimum Gasteiger partial charge on any atom is -0.289 e. The maximum absolute atomic E-state index is 12.4. The fourth-order valence-corrected chi connectivity index (χ4v) is 3.26. The lowest BCUT2D eigenvalue weighted by molar-refractivity contribution is -0.384. The average Bonchev–Trinajstić information content (AvgIpc) is 2.72. The number of ketones is 1. The third-order valence-corrected chi connectivity index (χ3v) is 4.75. The summed E-state index contributed by atoms with van der Waals surface area (Å²) < 4.78 is 0. The summed E-state index contributed by atoms with van der Waals surface area (Å²) in [6.45, 7) is 0. The van der Waals surface area contributed by atoms with E-state index in [0.29, 0.717) is 5.56 Å². The van der Waals surface area contributed by atoms with Crippen LogP contribution < -0.4 is 0 Å². The number of halogens is 1. The Labute approximate surface area is 165 Å². The molecule has 136 valence electrons. The Bertz CT molecular complexity index is 1280. The summed E-state index contributed by atoms with van der Waals surface area (Å²) in [6.07, 6.45) is 2.92. The van der Waals surface area contributed by atoms with Crippen molar-refractivity contribution < 1.29 is 9.72 Å². The van der Waals surface area contributed by atoms with Crippen LogP contribution in [-0.4, -0.2) is 15.7 Å². The molecular formula is C22H13ClN2O3. The number of carbonyl (C=O) groups is 1. The Morgan fingerprint density at radius 2 is 1.79 bits per heavy atom. The Morgan fingerprint density at radius 1 is 1.00 bits per heavy atom. The van der Waals surface area contributed by atoms with E-state index in [-0.39, 0.29) is 22.2 Å². The van der Waals surface area contributed by atoms with E-state index in [1.165, 1.54) is 30.3 Å². The van der Waals surface area contributed by atoms with Gasteiger partial charge in [0.1, 0.15) is 5.15 Å². The number of allylic oxidation sites excluding steroid dienone is 1. The van der Waals surface area contributed by atoms with Gasteiger partial charge in [0, 0.05) is 34.0 Å². The Hall–Kier alpha value is -3.57. The third-order valence-electron chi connectivity index (χ3n) is 4.45. The number of nitrogens with zero attached hydrogens (tertiary/aromatic N) is 2.